The molecule has 1 fully saturated rings. The van der Waals surface area contributed by atoms with E-state index in [4.69, 9.17) is 0 Å². The van der Waals surface area contributed by atoms with E-state index in [1.54, 1.807) is 11.1 Å². The molecule has 0 unspecified atom stereocenters. The Bertz CT molecular complexity index is 421. The van der Waals surface area contributed by atoms with E-state index in [1.165, 1.54) is 64.0 Å². The average Bonchev–Trinajstić information content (AvgIpc) is 2.48. The van der Waals surface area contributed by atoms with E-state index in [2.05, 4.69) is 35.3 Å². The molecule has 19 heavy (non-hydrogen) atoms. The summed E-state index contributed by atoms with van der Waals surface area (Å²) < 4.78 is 0. The normalized spacial score (nSPS) is 20.4. The van der Waals surface area contributed by atoms with Crippen LogP contribution in [-0.4, -0.2) is 26.2 Å². The lowest BCUT2D eigenvalue weighted by atomic mass is 9.87. The maximum absolute atomic E-state index is 3.46. The third-order valence-electron chi connectivity index (χ3n) is 4.62. The van der Waals surface area contributed by atoms with Crippen LogP contribution in [0.1, 0.15) is 49.7 Å². The molecule has 104 valence electrons. The van der Waals surface area contributed by atoms with Crippen LogP contribution in [0, 0.1) is 0 Å². The zero-order chi connectivity index (χ0) is 13.1. The molecule has 0 saturated carbocycles. The number of hydrogen-bond acceptors (Lipinski definition) is 2. The predicted molar refractivity (Wildman–Crippen MR) is 82.1 cm³/mol. The van der Waals surface area contributed by atoms with Crippen LogP contribution >= 0.6 is 0 Å². The Morgan fingerprint density at radius 1 is 1.26 bits per heavy atom. The summed E-state index contributed by atoms with van der Waals surface area (Å²) in [5, 5.41) is 3.46. The summed E-state index contributed by atoms with van der Waals surface area (Å²) >= 11 is 0. The van der Waals surface area contributed by atoms with Gasteiger partial charge in [0, 0.05) is 18.8 Å². The highest BCUT2D eigenvalue weighted by molar-refractivity contribution is 5.57. The molecule has 2 heteroatoms. The Morgan fingerprint density at radius 2 is 2.11 bits per heavy atom. The maximum Gasteiger partial charge on any atom is 0.0398 e. The quantitative estimate of drug-likeness (QED) is 0.895. The molecule has 0 aromatic heterocycles. The zero-order valence-corrected chi connectivity index (χ0v) is 12.1. The average molecular weight is 258 g/mol. The second-order valence-electron chi connectivity index (χ2n) is 6.00. The molecule has 1 N–H and O–H groups in total. The molecule has 1 saturated heterocycles. The molecule has 2 nitrogen and oxygen atoms in total. The van der Waals surface area contributed by atoms with Gasteiger partial charge < -0.3 is 10.2 Å². The molecule has 1 aromatic rings. The van der Waals surface area contributed by atoms with Crippen molar-refractivity contribution < 1.29 is 0 Å². The van der Waals surface area contributed by atoms with Crippen molar-refractivity contribution >= 4 is 5.69 Å². The van der Waals surface area contributed by atoms with Gasteiger partial charge in [0.15, 0.2) is 0 Å². The second kappa shape index (κ2) is 5.96. The first-order valence-corrected chi connectivity index (χ1v) is 7.97. The first kappa shape index (κ1) is 13.0. The van der Waals surface area contributed by atoms with E-state index in [9.17, 15) is 0 Å². The van der Waals surface area contributed by atoms with Gasteiger partial charge in [-0.1, -0.05) is 19.1 Å². The van der Waals surface area contributed by atoms with E-state index in [1.807, 2.05) is 0 Å². The standard InChI is InChI=1S/C17H26N2/c1-2-11-19-12-3-4-16-13-15(5-6-17(16)19)14-7-9-18-10-8-14/h5-6,13-14,18H,2-4,7-12H2,1H3. The highest BCUT2D eigenvalue weighted by Gasteiger charge is 2.20. The van der Waals surface area contributed by atoms with Gasteiger partial charge in [0.2, 0.25) is 0 Å². The van der Waals surface area contributed by atoms with Crippen molar-refractivity contribution in [2.75, 3.05) is 31.1 Å². The summed E-state index contributed by atoms with van der Waals surface area (Å²) in [5.41, 5.74) is 4.68. The van der Waals surface area contributed by atoms with Crippen LogP contribution in [0.2, 0.25) is 0 Å². The predicted octanol–water partition coefficient (Wildman–Crippen LogP) is 3.32. The lowest BCUT2D eigenvalue weighted by molar-refractivity contribution is 0.460. The molecule has 2 heterocycles. The van der Waals surface area contributed by atoms with Gasteiger partial charge in [-0.2, -0.15) is 0 Å². The van der Waals surface area contributed by atoms with Crippen LogP contribution in [-0.2, 0) is 6.42 Å². The van der Waals surface area contributed by atoms with Gasteiger partial charge in [-0.25, -0.2) is 0 Å². The van der Waals surface area contributed by atoms with Gasteiger partial charge in [0.25, 0.3) is 0 Å². The van der Waals surface area contributed by atoms with Crippen LogP contribution in [0.15, 0.2) is 18.2 Å². The highest BCUT2D eigenvalue weighted by atomic mass is 15.1. The molecular weight excluding hydrogens is 232 g/mol. The van der Waals surface area contributed by atoms with E-state index in [-0.39, 0.29) is 0 Å². The molecule has 2 aliphatic rings. The van der Waals surface area contributed by atoms with E-state index in [0.717, 1.165) is 5.92 Å². The number of anilines is 1. The van der Waals surface area contributed by atoms with Crippen LogP contribution < -0.4 is 10.2 Å². The Morgan fingerprint density at radius 3 is 2.89 bits per heavy atom. The molecule has 2 aliphatic heterocycles. The van der Waals surface area contributed by atoms with E-state index in [0.29, 0.717) is 0 Å². The second-order valence-corrected chi connectivity index (χ2v) is 6.00. The van der Waals surface area contributed by atoms with Crippen molar-refractivity contribution in [3.63, 3.8) is 0 Å². The van der Waals surface area contributed by atoms with E-state index < -0.39 is 0 Å². The number of benzene rings is 1. The lowest BCUT2D eigenvalue weighted by Gasteiger charge is -2.32. The SMILES string of the molecule is CCCN1CCCc2cc(C3CCNCC3)ccc21. The molecule has 1 aromatic carbocycles. The summed E-state index contributed by atoms with van der Waals surface area (Å²) in [5.74, 6) is 0.785. The molecule has 0 atom stereocenters. The van der Waals surface area contributed by atoms with Crippen molar-refractivity contribution in [3.05, 3.63) is 29.3 Å². The molecule has 0 amide bonds. The van der Waals surface area contributed by atoms with Crippen molar-refractivity contribution in [3.8, 4) is 0 Å². The summed E-state index contributed by atoms with van der Waals surface area (Å²) in [6, 6.07) is 7.29. The molecule has 0 bridgehead atoms. The third kappa shape index (κ3) is 2.79. The zero-order valence-electron chi connectivity index (χ0n) is 12.1. The number of rotatable bonds is 3. The molecule has 0 spiro atoms. The Balaban J connectivity index is 1.82. The van der Waals surface area contributed by atoms with Gasteiger partial charge in [0.1, 0.15) is 0 Å². The van der Waals surface area contributed by atoms with Gasteiger partial charge in [-0.3, -0.25) is 0 Å². The summed E-state index contributed by atoms with van der Waals surface area (Å²) in [6.45, 7) is 7.10. The third-order valence-corrected chi connectivity index (χ3v) is 4.62. The number of hydrogen-bond donors (Lipinski definition) is 1. The fourth-order valence-electron chi connectivity index (χ4n) is 3.61. The van der Waals surface area contributed by atoms with Gasteiger partial charge in [-0.15, -0.1) is 0 Å². The van der Waals surface area contributed by atoms with Gasteiger partial charge in [0.05, 0.1) is 0 Å². The Kier molecular flexibility index (Phi) is 4.07. The Labute approximate surface area is 117 Å². The summed E-state index contributed by atoms with van der Waals surface area (Å²) in [6.07, 6.45) is 6.45. The van der Waals surface area contributed by atoms with Crippen LogP contribution in [0.3, 0.4) is 0 Å². The first-order chi connectivity index (χ1) is 9.38. The summed E-state index contributed by atoms with van der Waals surface area (Å²) in [4.78, 5) is 2.57. The number of aryl methyl sites for hydroxylation is 1. The molecule has 0 aliphatic carbocycles. The molecule has 3 rings (SSSR count). The lowest BCUT2D eigenvalue weighted by Crippen LogP contribution is -2.30. The number of piperidine rings is 1. The molecule has 0 radical (unpaired) electrons. The van der Waals surface area contributed by atoms with Crippen LogP contribution in [0.4, 0.5) is 5.69 Å². The first-order valence-electron chi connectivity index (χ1n) is 7.97. The minimum absolute atomic E-state index is 0.785. The minimum Gasteiger partial charge on any atom is -0.371 e. The van der Waals surface area contributed by atoms with Gasteiger partial charge >= 0.3 is 0 Å². The van der Waals surface area contributed by atoms with Crippen LogP contribution in [0.25, 0.3) is 0 Å². The maximum atomic E-state index is 3.46. The van der Waals surface area contributed by atoms with Crippen molar-refractivity contribution in [2.24, 2.45) is 0 Å². The highest BCUT2D eigenvalue weighted by Crippen LogP contribution is 2.33. The monoisotopic (exact) mass is 258 g/mol. The smallest absolute Gasteiger partial charge is 0.0398 e. The Hall–Kier alpha value is -1.02. The van der Waals surface area contributed by atoms with Gasteiger partial charge in [-0.05, 0) is 68.3 Å². The number of fused-ring (bicyclic) bond motifs is 1. The largest absolute Gasteiger partial charge is 0.371 e. The topological polar surface area (TPSA) is 15.3 Å². The van der Waals surface area contributed by atoms with Crippen molar-refractivity contribution in [1.29, 1.82) is 0 Å². The fourth-order valence-corrected chi connectivity index (χ4v) is 3.61. The van der Waals surface area contributed by atoms with E-state index >= 15 is 0 Å². The number of nitrogens with one attached hydrogen (secondary N) is 1. The fraction of sp³-hybridized carbons (Fsp3) is 0.647. The van der Waals surface area contributed by atoms with Crippen molar-refractivity contribution in [1.82, 2.24) is 5.32 Å². The molecular formula is C17H26N2. The van der Waals surface area contributed by atoms with Crippen molar-refractivity contribution in [2.45, 2.75) is 44.9 Å². The summed E-state index contributed by atoms with van der Waals surface area (Å²) in [7, 11) is 0. The number of nitrogens with zero attached hydrogens (tertiary/aromatic N) is 1. The van der Waals surface area contributed by atoms with Crippen LogP contribution in [0.5, 0.6) is 0 Å². The minimum atomic E-state index is 0.785.